The summed E-state index contributed by atoms with van der Waals surface area (Å²) >= 11 is 0. The van der Waals surface area contributed by atoms with Gasteiger partial charge in [0.05, 0.1) is 6.10 Å². The van der Waals surface area contributed by atoms with Gasteiger partial charge in [0.1, 0.15) is 0 Å². The molecule has 21 heavy (non-hydrogen) atoms. The van der Waals surface area contributed by atoms with Gasteiger partial charge in [0.15, 0.2) is 0 Å². The lowest BCUT2D eigenvalue weighted by molar-refractivity contribution is 0.00187. The van der Waals surface area contributed by atoms with Gasteiger partial charge in [0.25, 0.3) is 0 Å². The summed E-state index contributed by atoms with van der Waals surface area (Å²) in [6.07, 6.45) is 14.0. The molecule has 3 unspecified atom stereocenters. The Morgan fingerprint density at radius 2 is 1.81 bits per heavy atom. The van der Waals surface area contributed by atoms with Crippen LogP contribution in [-0.4, -0.2) is 25.8 Å². The smallest absolute Gasteiger partial charge is 0.0752 e. The molecule has 1 saturated carbocycles. The monoisotopic (exact) mass is 297 g/mol. The van der Waals surface area contributed by atoms with Crippen LogP contribution in [0.25, 0.3) is 0 Å². The Balaban J connectivity index is 2.62. The van der Waals surface area contributed by atoms with E-state index in [0.717, 1.165) is 18.4 Å². The Kier molecular flexibility index (Phi) is 10.4. The molecule has 1 rings (SSSR count). The quantitative estimate of drug-likeness (QED) is 0.568. The molecule has 0 aliphatic heterocycles. The second-order valence-corrected chi connectivity index (χ2v) is 6.91. The van der Waals surface area contributed by atoms with E-state index in [0.29, 0.717) is 12.1 Å². The van der Waals surface area contributed by atoms with Gasteiger partial charge < -0.3 is 10.1 Å². The number of hydrogen-bond acceptors (Lipinski definition) is 2. The van der Waals surface area contributed by atoms with Crippen LogP contribution in [0.5, 0.6) is 0 Å². The molecule has 0 aromatic heterocycles. The molecule has 0 amide bonds. The van der Waals surface area contributed by atoms with Gasteiger partial charge in [-0.15, -0.1) is 0 Å². The molecule has 2 nitrogen and oxygen atoms in total. The number of nitrogens with one attached hydrogen (secondary N) is 1. The van der Waals surface area contributed by atoms with Crippen molar-refractivity contribution in [1.29, 1.82) is 0 Å². The number of hydrogen-bond donors (Lipinski definition) is 1. The zero-order valence-corrected chi connectivity index (χ0v) is 15.0. The summed E-state index contributed by atoms with van der Waals surface area (Å²) in [5, 5.41) is 3.75. The highest BCUT2D eigenvalue weighted by Crippen LogP contribution is 2.31. The van der Waals surface area contributed by atoms with Crippen LogP contribution in [-0.2, 0) is 4.74 Å². The largest absolute Gasteiger partial charge is 0.380 e. The maximum atomic E-state index is 5.99. The van der Waals surface area contributed by atoms with Crippen molar-refractivity contribution in [3.63, 3.8) is 0 Å². The fourth-order valence-corrected chi connectivity index (χ4v) is 4.08. The molecule has 0 spiro atoms. The maximum Gasteiger partial charge on any atom is 0.0752 e. The minimum absolute atomic E-state index is 0.418. The molecule has 1 aliphatic carbocycles. The van der Waals surface area contributed by atoms with Crippen LogP contribution in [0.3, 0.4) is 0 Å². The summed E-state index contributed by atoms with van der Waals surface area (Å²) in [7, 11) is 1.93. The Morgan fingerprint density at radius 3 is 2.33 bits per heavy atom. The van der Waals surface area contributed by atoms with Crippen molar-refractivity contribution in [2.24, 2.45) is 11.8 Å². The average Bonchev–Trinajstić information content (AvgIpc) is 2.53. The summed E-state index contributed by atoms with van der Waals surface area (Å²) in [6.45, 7) is 7.94. The van der Waals surface area contributed by atoms with Gasteiger partial charge in [-0.1, -0.05) is 65.7 Å². The lowest BCUT2D eigenvalue weighted by Crippen LogP contribution is -2.46. The van der Waals surface area contributed by atoms with E-state index in [2.05, 4.69) is 26.1 Å². The van der Waals surface area contributed by atoms with Gasteiger partial charge in [0.2, 0.25) is 0 Å². The highest BCUT2D eigenvalue weighted by molar-refractivity contribution is 4.86. The van der Waals surface area contributed by atoms with Gasteiger partial charge in [-0.2, -0.15) is 0 Å². The molecule has 2 heteroatoms. The first kappa shape index (κ1) is 19.0. The molecule has 0 aromatic rings. The van der Waals surface area contributed by atoms with Crippen LogP contribution in [0.1, 0.15) is 85.0 Å². The molecule has 0 saturated heterocycles. The number of rotatable bonds is 11. The van der Waals surface area contributed by atoms with Gasteiger partial charge >= 0.3 is 0 Å². The van der Waals surface area contributed by atoms with Crippen molar-refractivity contribution in [3.8, 4) is 0 Å². The Labute approximate surface area is 133 Å². The lowest BCUT2D eigenvalue weighted by atomic mass is 9.79. The second kappa shape index (κ2) is 11.5. The van der Waals surface area contributed by atoms with E-state index in [4.69, 9.17) is 4.74 Å². The first-order valence-electron chi connectivity index (χ1n) is 9.52. The van der Waals surface area contributed by atoms with Crippen molar-refractivity contribution in [2.45, 2.75) is 97.1 Å². The third kappa shape index (κ3) is 6.69. The minimum Gasteiger partial charge on any atom is -0.380 e. The Bertz CT molecular complexity index is 238. The van der Waals surface area contributed by atoms with Crippen molar-refractivity contribution >= 4 is 0 Å². The van der Waals surface area contributed by atoms with Gasteiger partial charge in [0, 0.05) is 13.2 Å². The summed E-state index contributed by atoms with van der Waals surface area (Å²) in [4.78, 5) is 0. The van der Waals surface area contributed by atoms with E-state index >= 15 is 0 Å². The molecule has 3 atom stereocenters. The molecule has 1 N–H and O–H groups in total. The molecule has 1 aliphatic rings. The molecule has 1 fully saturated rings. The normalized spacial score (nSPS) is 21.1. The fraction of sp³-hybridized carbons (Fsp3) is 1.00. The van der Waals surface area contributed by atoms with Gasteiger partial charge in [-0.3, -0.25) is 0 Å². The van der Waals surface area contributed by atoms with E-state index in [1.165, 1.54) is 64.2 Å². The van der Waals surface area contributed by atoms with Crippen LogP contribution in [0, 0.1) is 11.8 Å². The third-order valence-corrected chi connectivity index (χ3v) is 5.38. The molecule has 0 radical (unpaired) electrons. The van der Waals surface area contributed by atoms with Crippen molar-refractivity contribution in [2.75, 3.05) is 13.7 Å². The first-order chi connectivity index (χ1) is 10.3. The van der Waals surface area contributed by atoms with E-state index in [1.54, 1.807) is 0 Å². The number of unbranched alkanes of at least 4 members (excludes halogenated alkanes) is 1. The predicted molar refractivity (Wildman–Crippen MR) is 92.8 cm³/mol. The van der Waals surface area contributed by atoms with E-state index in [9.17, 15) is 0 Å². The highest BCUT2D eigenvalue weighted by Gasteiger charge is 2.31. The first-order valence-corrected chi connectivity index (χ1v) is 9.52. The summed E-state index contributed by atoms with van der Waals surface area (Å²) in [5.74, 6) is 1.63. The second-order valence-electron chi connectivity index (χ2n) is 6.91. The number of methoxy groups -OCH3 is 1. The molecular weight excluding hydrogens is 258 g/mol. The summed E-state index contributed by atoms with van der Waals surface area (Å²) < 4.78 is 5.99. The predicted octanol–water partition coefficient (Wildman–Crippen LogP) is 5.17. The third-order valence-electron chi connectivity index (χ3n) is 5.38. The van der Waals surface area contributed by atoms with Crippen molar-refractivity contribution in [3.05, 3.63) is 0 Å². The minimum atomic E-state index is 0.418. The summed E-state index contributed by atoms with van der Waals surface area (Å²) in [6, 6.07) is 0.546. The highest BCUT2D eigenvalue weighted by atomic mass is 16.5. The zero-order chi connectivity index (χ0) is 15.5. The van der Waals surface area contributed by atoms with Crippen molar-refractivity contribution < 1.29 is 4.74 Å². The summed E-state index contributed by atoms with van der Waals surface area (Å²) in [5.41, 5.74) is 0. The molecule has 0 aromatic carbocycles. The van der Waals surface area contributed by atoms with Crippen LogP contribution in [0.2, 0.25) is 0 Å². The number of ether oxygens (including phenoxy) is 1. The van der Waals surface area contributed by atoms with Crippen molar-refractivity contribution in [1.82, 2.24) is 5.32 Å². The van der Waals surface area contributed by atoms with Crippen LogP contribution in [0.4, 0.5) is 0 Å². The van der Waals surface area contributed by atoms with E-state index in [1.807, 2.05) is 7.11 Å². The van der Waals surface area contributed by atoms with Crippen LogP contribution >= 0.6 is 0 Å². The lowest BCUT2D eigenvalue weighted by Gasteiger charge is -2.37. The standard InChI is InChI=1S/C19H39NO/c1-5-8-12-16(6-2)15-18(20-7-3)19(21-4)17-13-10-9-11-14-17/h16-20H,5-15H2,1-4H3. The Morgan fingerprint density at radius 1 is 1.10 bits per heavy atom. The molecular formula is C19H39NO. The zero-order valence-electron chi connectivity index (χ0n) is 15.0. The fourth-order valence-electron chi connectivity index (χ4n) is 4.08. The van der Waals surface area contributed by atoms with Crippen LogP contribution < -0.4 is 5.32 Å². The van der Waals surface area contributed by atoms with E-state index in [-0.39, 0.29) is 0 Å². The van der Waals surface area contributed by atoms with Crippen LogP contribution in [0.15, 0.2) is 0 Å². The van der Waals surface area contributed by atoms with E-state index < -0.39 is 0 Å². The topological polar surface area (TPSA) is 21.3 Å². The SMILES string of the molecule is CCCCC(CC)CC(NCC)C(OC)C1CCCCC1. The Hall–Kier alpha value is -0.0800. The van der Waals surface area contributed by atoms with Gasteiger partial charge in [-0.05, 0) is 37.6 Å². The maximum absolute atomic E-state index is 5.99. The molecule has 0 heterocycles. The molecule has 0 bridgehead atoms. The molecule has 126 valence electrons. The average molecular weight is 298 g/mol. The number of likely N-dealkylation sites (N-methyl/N-ethyl adjacent to an activating group) is 1. The van der Waals surface area contributed by atoms with Gasteiger partial charge in [-0.25, -0.2) is 0 Å².